The topological polar surface area (TPSA) is 91.0 Å². The van der Waals surface area contributed by atoms with Crippen LogP contribution in [0.5, 0.6) is 0 Å². The molecule has 0 aliphatic heterocycles. The molecule has 0 saturated carbocycles. The molecule has 2 aromatic carbocycles. The lowest BCUT2D eigenvalue weighted by molar-refractivity contribution is -0.131. The zero-order valence-electron chi connectivity index (χ0n) is 21.2. The van der Waals surface area contributed by atoms with Gasteiger partial charge in [0.25, 0.3) is 0 Å². The lowest BCUT2D eigenvalue weighted by Crippen LogP contribution is -2.48. The molecule has 3 aromatic rings. The average molecular weight is 540 g/mol. The Labute approximate surface area is 228 Å². The van der Waals surface area contributed by atoms with Crippen molar-refractivity contribution in [2.45, 2.75) is 52.7 Å². The molecule has 0 aliphatic rings. The van der Waals surface area contributed by atoms with Crippen LogP contribution >= 0.6 is 23.2 Å². The van der Waals surface area contributed by atoms with E-state index in [4.69, 9.17) is 28.5 Å². The van der Waals surface area contributed by atoms with E-state index in [0.717, 1.165) is 23.2 Å². The summed E-state index contributed by atoms with van der Waals surface area (Å²) in [5, 5.41) is 13.0. The molecule has 2 unspecified atom stereocenters. The molecule has 1 N–H and O–H groups in total. The summed E-state index contributed by atoms with van der Waals surface area (Å²) in [5.41, 5.74) is 3.14. The molecule has 2 amide bonds. The Balaban J connectivity index is 1.69. The quantitative estimate of drug-likeness (QED) is 0.361. The normalized spacial score (nSPS) is 12.4. The molecule has 0 fully saturated rings. The van der Waals surface area contributed by atoms with E-state index in [9.17, 15) is 9.59 Å². The Morgan fingerprint density at radius 1 is 1.19 bits per heavy atom. The Morgan fingerprint density at radius 2 is 1.92 bits per heavy atom. The van der Waals surface area contributed by atoms with E-state index in [1.54, 1.807) is 41.7 Å². The van der Waals surface area contributed by atoms with Crippen LogP contribution in [0.4, 0.5) is 0 Å². The third kappa shape index (κ3) is 7.82. The first-order chi connectivity index (χ1) is 17.7. The Morgan fingerprint density at radius 3 is 2.57 bits per heavy atom. The number of hydrogen-bond acceptors (Lipinski definition) is 4. The van der Waals surface area contributed by atoms with Crippen LogP contribution in [0.2, 0.25) is 10.0 Å². The number of imidazole rings is 1. The van der Waals surface area contributed by atoms with Crippen molar-refractivity contribution >= 4 is 35.0 Å². The molecule has 0 spiro atoms. The number of carbonyl (C=O) groups excluding carboxylic acids is 2. The minimum Gasteiger partial charge on any atom is -0.351 e. The zero-order valence-corrected chi connectivity index (χ0v) is 22.8. The number of nitriles is 1. The SMILES string of the molecule is CCC(C)C(CN(Cc1cccc(Cl)c1Cl)C(C)=O)NC(=O)Cc1cncn1Cc1ccc(C#N)cc1. The van der Waals surface area contributed by atoms with Crippen molar-refractivity contribution in [1.82, 2.24) is 19.8 Å². The maximum atomic E-state index is 13.1. The summed E-state index contributed by atoms with van der Waals surface area (Å²) in [6.07, 6.45) is 4.37. The van der Waals surface area contributed by atoms with Gasteiger partial charge in [0, 0.05) is 44.5 Å². The van der Waals surface area contributed by atoms with E-state index in [1.807, 2.05) is 22.8 Å². The fraction of sp³-hybridized carbons (Fsp3) is 0.357. The van der Waals surface area contributed by atoms with Gasteiger partial charge in [-0.05, 0) is 35.2 Å². The number of carbonyl (C=O) groups is 2. The molecule has 0 radical (unpaired) electrons. The van der Waals surface area contributed by atoms with Crippen molar-refractivity contribution in [3.05, 3.63) is 87.4 Å². The molecule has 37 heavy (non-hydrogen) atoms. The van der Waals surface area contributed by atoms with Crippen molar-refractivity contribution in [2.24, 2.45) is 5.92 Å². The van der Waals surface area contributed by atoms with E-state index in [2.05, 4.69) is 30.2 Å². The predicted octanol–water partition coefficient (Wildman–Crippen LogP) is 5.23. The smallest absolute Gasteiger partial charge is 0.226 e. The van der Waals surface area contributed by atoms with E-state index < -0.39 is 0 Å². The standard InChI is InChI=1S/C28H31Cl2N5O2/c1-4-19(2)26(17-34(20(3)36)16-23-6-5-7-25(29)28(23)30)33-27(37)12-24-14-32-18-35(24)15-22-10-8-21(13-31)9-11-22/h5-11,14,18-19,26H,4,12,15-17H2,1-3H3,(H,33,37). The number of aromatic nitrogens is 2. The highest BCUT2D eigenvalue weighted by Crippen LogP contribution is 2.27. The number of benzene rings is 2. The van der Waals surface area contributed by atoms with Crippen LogP contribution in [0.1, 0.15) is 49.6 Å². The fourth-order valence-electron chi connectivity index (χ4n) is 4.01. The molecular weight excluding hydrogens is 509 g/mol. The molecule has 1 heterocycles. The second-order valence-corrected chi connectivity index (χ2v) is 9.96. The van der Waals surface area contributed by atoms with Gasteiger partial charge in [0.1, 0.15) is 0 Å². The third-order valence-electron chi connectivity index (χ3n) is 6.51. The summed E-state index contributed by atoms with van der Waals surface area (Å²) >= 11 is 12.5. The van der Waals surface area contributed by atoms with Crippen LogP contribution in [0.25, 0.3) is 0 Å². The first-order valence-electron chi connectivity index (χ1n) is 12.2. The van der Waals surface area contributed by atoms with Crippen LogP contribution in [-0.4, -0.2) is 38.9 Å². The van der Waals surface area contributed by atoms with Gasteiger partial charge in [0.2, 0.25) is 11.8 Å². The molecule has 0 aliphatic carbocycles. The second-order valence-electron chi connectivity index (χ2n) is 9.17. The maximum absolute atomic E-state index is 13.1. The summed E-state index contributed by atoms with van der Waals surface area (Å²) in [6, 6.07) is 14.6. The summed E-state index contributed by atoms with van der Waals surface area (Å²) in [7, 11) is 0. The van der Waals surface area contributed by atoms with Crippen LogP contribution in [0, 0.1) is 17.2 Å². The molecular formula is C28H31Cl2N5O2. The summed E-state index contributed by atoms with van der Waals surface area (Å²) in [4.78, 5) is 31.5. The summed E-state index contributed by atoms with van der Waals surface area (Å²) < 4.78 is 1.92. The molecule has 1 aromatic heterocycles. The van der Waals surface area contributed by atoms with Gasteiger partial charge in [-0.1, -0.05) is 67.7 Å². The summed E-state index contributed by atoms with van der Waals surface area (Å²) in [6.45, 7) is 6.82. The van der Waals surface area contributed by atoms with Crippen molar-refractivity contribution in [2.75, 3.05) is 6.54 Å². The lowest BCUT2D eigenvalue weighted by atomic mass is 9.98. The average Bonchev–Trinajstić information content (AvgIpc) is 3.31. The highest BCUT2D eigenvalue weighted by Gasteiger charge is 2.24. The fourth-order valence-corrected chi connectivity index (χ4v) is 4.39. The zero-order chi connectivity index (χ0) is 26.9. The Kier molecular flexibility index (Phi) is 10.1. The molecule has 0 bridgehead atoms. The maximum Gasteiger partial charge on any atom is 0.226 e. The lowest BCUT2D eigenvalue weighted by Gasteiger charge is -2.31. The number of nitrogens with zero attached hydrogens (tertiary/aromatic N) is 4. The predicted molar refractivity (Wildman–Crippen MR) is 145 cm³/mol. The number of rotatable bonds is 11. The largest absolute Gasteiger partial charge is 0.351 e. The van der Waals surface area contributed by atoms with Crippen LogP contribution < -0.4 is 5.32 Å². The molecule has 9 heteroatoms. The first-order valence-corrected chi connectivity index (χ1v) is 12.9. The Hall–Kier alpha value is -3.34. The van der Waals surface area contributed by atoms with Gasteiger partial charge in [-0.3, -0.25) is 9.59 Å². The van der Waals surface area contributed by atoms with E-state index >= 15 is 0 Å². The molecule has 2 atom stereocenters. The number of amides is 2. The van der Waals surface area contributed by atoms with Gasteiger partial charge in [-0.25, -0.2) is 4.98 Å². The molecule has 3 rings (SSSR count). The van der Waals surface area contributed by atoms with Gasteiger partial charge in [0.05, 0.1) is 34.4 Å². The van der Waals surface area contributed by atoms with E-state index in [0.29, 0.717) is 35.2 Å². The van der Waals surface area contributed by atoms with Crippen LogP contribution in [0.3, 0.4) is 0 Å². The van der Waals surface area contributed by atoms with Crippen LogP contribution in [0.15, 0.2) is 55.0 Å². The molecule has 7 nitrogen and oxygen atoms in total. The third-order valence-corrected chi connectivity index (χ3v) is 7.37. The van der Waals surface area contributed by atoms with Crippen molar-refractivity contribution < 1.29 is 9.59 Å². The van der Waals surface area contributed by atoms with E-state index in [1.165, 1.54) is 6.92 Å². The van der Waals surface area contributed by atoms with Gasteiger partial charge in [-0.2, -0.15) is 5.26 Å². The molecule has 194 valence electrons. The van der Waals surface area contributed by atoms with Gasteiger partial charge >= 0.3 is 0 Å². The van der Waals surface area contributed by atoms with Crippen LogP contribution in [-0.2, 0) is 29.1 Å². The molecule has 0 saturated heterocycles. The van der Waals surface area contributed by atoms with Gasteiger partial charge < -0.3 is 14.8 Å². The van der Waals surface area contributed by atoms with Gasteiger partial charge in [0.15, 0.2) is 0 Å². The minimum atomic E-state index is -0.241. The number of hydrogen-bond donors (Lipinski definition) is 1. The van der Waals surface area contributed by atoms with E-state index in [-0.39, 0.29) is 30.2 Å². The highest BCUT2D eigenvalue weighted by molar-refractivity contribution is 6.42. The van der Waals surface area contributed by atoms with Gasteiger partial charge in [-0.15, -0.1) is 0 Å². The number of halogens is 2. The van der Waals surface area contributed by atoms with Crippen molar-refractivity contribution in [3.8, 4) is 6.07 Å². The number of nitrogens with one attached hydrogen (secondary N) is 1. The first kappa shape index (κ1) is 28.2. The monoisotopic (exact) mass is 539 g/mol. The second kappa shape index (κ2) is 13.3. The van der Waals surface area contributed by atoms with Crippen molar-refractivity contribution in [3.63, 3.8) is 0 Å². The Bertz CT molecular complexity index is 1270. The minimum absolute atomic E-state index is 0.112. The highest BCUT2D eigenvalue weighted by atomic mass is 35.5. The van der Waals surface area contributed by atoms with Crippen molar-refractivity contribution in [1.29, 1.82) is 5.26 Å². The summed E-state index contributed by atoms with van der Waals surface area (Å²) in [5.74, 6) is -0.112.